The Morgan fingerprint density at radius 3 is 2.63 bits per heavy atom. The normalized spacial score (nSPS) is 10.7. The van der Waals surface area contributed by atoms with Crippen LogP contribution in [-0.2, 0) is 4.79 Å². The summed E-state index contributed by atoms with van der Waals surface area (Å²) < 4.78 is 6.91. The van der Waals surface area contributed by atoms with Crippen molar-refractivity contribution in [1.29, 1.82) is 0 Å². The van der Waals surface area contributed by atoms with Crippen molar-refractivity contribution >= 4 is 5.97 Å². The van der Waals surface area contributed by atoms with E-state index in [9.17, 15) is 4.79 Å². The van der Waals surface area contributed by atoms with Crippen molar-refractivity contribution in [2.75, 3.05) is 6.61 Å². The third-order valence-corrected chi connectivity index (χ3v) is 2.65. The van der Waals surface area contributed by atoms with Gasteiger partial charge in [-0.1, -0.05) is 32.0 Å². The summed E-state index contributed by atoms with van der Waals surface area (Å²) in [6.45, 7) is 3.72. The first kappa shape index (κ1) is 13.1. The highest BCUT2D eigenvalue weighted by molar-refractivity contribution is 5.68. The van der Waals surface area contributed by atoms with Gasteiger partial charge in [0.15, 0.2) is 6.61 Å². The van der Waals surface area contributed by atoms with Gasteiger partial charge in [0.25, 0.3) is 0 Å². The van der Waals surface area contributed by atoms with Crippen molar-refractivity contribution in [3.63, 3.8) is 0 Å². The third kappa shape index (κ3) is 3.13. The monoisotopic (exact) mass is 260 g/mol. The summed E-state index contributed by atoms with van der Waals surface area (Å²) in [5, 5.41) is 12.9. The van der Waals surface area contributed by atoms with E-state index >= 15 is 0 Å². The molecule has 2 rings (SSSR count). The zero-order chi connectivity index (χ0) is 13.8. The molecule has 100 valence electrons. The van der Waals surface area contributed by atoms with Crippen LogP contribution in [0.25, 0.3) is 5.69 Å². The Morgan fingerprint density at radius 1 is 1.37 bits per heavy atom. The Kier molecular flexibility index (Phi) is 3.85. The van der Waals surface area contributed by atoms with Gasteiger partial charge in [-0.05, 0) is 18.1 Å². The second-order valence-electron chi connectivity index (χ2n) is 4.49. The van der Waals surface area contributed by atoms with Crippen LogP contribution in [0.4, 0.5) is 0 Å². The maximum Gasteiger partial charge on any atom is 0.341 e. The molecule has 0 amide bonds. The Morgan fingerprint density at radius 2 is 2.05 bits per heavy atom. The Labute approximate surface area is 111 Å². The van der Waals surface area contributed by atoms with E-state index in [-0.39, 0.29) is 12.5 Å². The molecule has 0 radical (unpaired) electrons. The van der Waals surface area contributed by atoms with Gasteiger partial charge in [0, 0.05) is 6.07 Å². The number of rotatable bonds is 5. The molecular weight excluding hydrogens is 244 g/mol. The lowest BCUT2D eigenvalue weighted by atomic mass is 10.1. The molecule has 5 heteroatoms. The molecule has 0 aliphatic rings. The largest absolute Gasteiger partial charge is 0.479 e. The number of carboxylic acids is 1. The first-order valence-corrected chi connectivity index (χ1v) is 6.08. The predicted octanol–water partition coefficient (Wildman–Crippen LogP) is 2.46. The van der Waals surface area contributed by atoms with E-state index in [2.05, 4.69) is 18.9 Å². The molecule has 0 unspecified atom stereocenters. The van der Waals surface area contributed by atoms with Crippen LogP contribution >= 0.6 is 0 Å². The Balaban J connectivity index is 2.34. The van der Waals surface area contributed by atoms with Crippen molar-refractivity contribution in [1.82, 2.24) is 9.78 Å². The number of aliphatic carboxylic acids is 1. The lowest BCUT2D eigenvalue weighted by Crippen LogP contribution is -2.10. The minimum absolute atomic E-state index is 0.259. The summed E-state index contributed by atoms with van der Waals surface area (Å²) in [4.78, 5) is 10.5. The number of hydrogen-bond acceptors (Lipinski definition) is 3. The van der Waals surface area contributed by atoms with Gasteiger partial charge in [0.1, 0.15) is 0 Å². The summed E-state index contributed by atoms with van der Waals surface area (Å²) in [5.41, 5.74) is 1.91. The van der Waals surface area contributed by atoms with Gasteiger partial charge in [0.2, 0.25) is 5.88 Å². The average Bonchev–Trinajstić information content (AvgIpc) is 2.82. The number of ether oxygens (including phenoxy) is 1. The van der Waals surface area contributed by atoms with Crippen LogP contribution in [0.15, 0.2) is 36.4 Å². The molecule has 0 fully saturated rings. The fourth-order valence-corrected chi connectivity index (χ4v) is 1.77. The molecule has 19 heavy (non-hydrogen) atoms. The first-order valence-electron chi connectivity index (χ1n) is 6.08. The van der Waals surface area contributed by atoms with Gasteiger partial charge < -0.3 is 9.84 Å². The fourth-order valence-electron chi connectivity index (χ4n) is 1.77. The molecule has 0 saturated heterocycles. The number of nitrogens with zero attached hydrogens (tertiary/aromatic N) is 2. The van der Waals surface area contributed by atoms with Crippen molar-refractivity contribution < 1.29 is 14.6 Å². The van der Waals surface area contributed by atoms with Crippen molar-refractivity contribution in [3.05, 3.63) is 42.1 Å². The molecule has 0 bridgehead atoms. The summed E-state index contributed by atoms with van der Waals surface area (Å²) >= 11 is 0. The predicted molar refractivity (Wildman–Crippen MR) is 70.8 cm³/mol. The van der Waals surface area contributed by atoms with Crippen LogP contribution in [0.1, 0.15) is 25.5 Å². The van der Waals surface area contributed by atoms with Crippen LogP contribution in [0.2, 0.25) is 0 Å². The number of hydrogen-bond donors (Lipinski definition) is 1. The molecule has 0 aliphatic carbocycles. The summed E-state index contributed by atoms with van der Waals surface area (Å²) in [7, 11) is 0. The van der Waals surface area contributed by atoms with Crippen LogP contribution in [0.5, 0.6) is 5.88 Å². The highest BCUT2D eigenvalue weighted by Gasteiger charge is 2.14. The van der Waals surface area contributed by atoms with E-state index in [4.69, 9.17) is 9.84 Å². The average molecular weight is 260 g/mol. The van der Waals surface area contributed by atoms with E-state index < -0.39 is 5.97 Å². The standard InChI is InChI=1S/C14H16N2O3/c1-10(2)12-8-13(19-9-14(17)18)15-16(12)11-6-4-3-5-7-11/h3-8,10H,9H2,1-2H3,(H,17,18). The smallest absolute Gasteiger partial charge is 0.341 e. The van der Waals surface area contributed by atoms with Crippen LogP contribution < -0.4 is 4.74 Å². The SMILES string of the molecule is CC(C)c1cc(OCC(=O)O)nn1-c1ccccc1. The lowest BCUT2D eigenvalue weighted by Gasteiger charge is -2.08. The summed E-state index contributed by atoms with van der Waals surface area (Å²) in [6.07, 6.45) is 0. The summed E-state index contributed by atoms with van der Waals surface area (Å²) in [5.74, 6) is -0.426. The van der Waals surface area contributed by atoms with Gasteiger partial charge in [-0.15, -0.1) is 5.10 Å². The zero-order valence-electron chi connectivity index (χ0n) is 10.9. The maximum atomic E-state index is 10.5. The molecule has 1 aromatic heterocycles. The van der Waals surface area contributed by atoms with E-state index in [1.54, 1.807) is 10.7 Å². The fraction of sp³-hybridized carbons (Fsp3) is 0.286. The molecule has 0 spiro atoms. The number of benzene rings is 1. The molecule has 0 saturated carbocycles. The van der Waals surface area contributed by atoms with Crippen LogP contribution in [-0.4, -0.2) is 27.5 Å². The van der Waals surface area contributed by atoms with Gasteiger partial charge in [-0.25, -0.2) is 9.48 Å². The van der Waals surface area contributed by atoms with Crippen molar-refractivity contribution in [2.45, 2.75) is 19.8 Å². The Bertz CT molecular complexity index is 561. The molecule has 1 heterocycles. The summed E-state index contributed by atoms with van der Waals surface area (Å²) in [6, 6.07) is 11.5. The van der Waals surface area contributed by atoms with E-state index in [1.807, 2.05) is 30.3 Å². The molecule has 0 atom stereocenters. The van der Waals surface area contributed by atoms with Crippen molar-refractivity contribution in [2.24, 2.45) is 0 Å². The van der Waals surface area contributed by atoms with Gasteiger partial charge in [-0.3, -0.25) is 0 Å². The Hall–Kier alpha value is -2.30. The van der Waals surface area contributed by atoms with Gasteiger partial charge in [0.05, 0.1) is 11.4 Å². The van der Waals surface area contributed by atoms with Crippen LogP contribution in [0.3, 0.4) is 0 Å². The van der Waals surface area contributed by atoms with Gasteiger partial charge >= 0.3 is 5.97 Å². The third-order valence-electron chi connectivity index (χ3n) is 2.65. The minimum atomic E-state index is -1.01. The second-order valence-corrected chi connectivity index (χ2v) is 4.49. The number of aromatic nitrogens is 2. The molecular formula is C14H16N2O3. The zero-order valence-corrected chi connectivity index (χ0v) is 10.9. The molecule has 1 aromatic carbocycles. The van der Waals surface area contributed by atoms with Crippen LogP contribution in [0, 0.1) is 0 Å². The van der Waals surface area contributed by atoms with Crippen molar-refractivity contribution in [3.8, 4) is 11.6 Å². The lowest BCUT2D eigenvalue weighted by molar-refractivity contribution is -0.139. The number of carboxylic acid groups (broad SMARTS) is 1. The van der Waals surface area contributed by atoms with E-state index in [0.717, 1.165) is 11.4 Å². The van der Waals surface area contributed by atoms with Gasteiger partial charge in [-0.2, -0.15) is 0 Å². The topological polar surface area (TPSA) is 64.3 Å². The highest BCUT2D eigenvalue weighted by atomic mass is 16.5. The molecule has 0 aliphatic heterocycles. The quantitative estimate of drug-likeness (QED) is 0.896. The van der Waals surface area contributed by atoms with E-state index in [0.29, 0.717) is 5.88 Å². The van der Waals surface area contributed by atoms with E-state index in [1.165, 1.54) is 0 Å². The minimum Gasteiger partial charge on any atom is -0.479 e. The number of para-hydroxylation sites is 1. The molecule has 2 aromatic rings. The highest BCUT2D eigenvalue weighted by Crippen LogP contribution is 2.23. The molecule has 1 N–H and O–H groups in total. The second kappa shape index (κ2) is 5.56. The number of carbonyl (C=O) groups is 1. The molecule has 5 nitrogen and oxygen atoms in total. The first-order chi connectivity index (χ1) is 9.08. The maximum absolute atomic E-state index is 10.5.